The second-order valence-electron chi connectivity index (χ2n) is 5.63. The third kappa shape index (κ3) is 3.85. The molecule has 0 radical (unpaired) electrons. The van der Waals surface area contributed by atoms with E-state index in [4.69, 9.17) is 0 Å². The quantitative estimate of drug-likeness (QED) is 0.810. The fourth-order valence-electron chi connectivity index (χ4n) is 2.63. The number of piperidine rings is 1. The van der Waals surface area contributed by atoms with Crippen molar-refractivity contribution in [3.63, 3.8) is 0 Å². The summed E-state index contributed by atoms with van der Waals surface area (Å²) in [4.78, 5) is 25.6. The fourth-order valence-corrected chi connectivity index (χ4v) is 2.63. The number of urea groups is 1. The van der Waals surface area contributed by atoms with Crippen molar-refractivity contribution >= 4 is 11.9 Å². The van der Waals surface area contributed by atoms with Crippen molar-refractivity contribution in [1.29, 1.82) is 0 Å². The highest BCUT2D eigenvalue weighted by molar-refractivity contribution is 5.79. The molecule has 2 N–H and O–H groups in total. The number of nitrogens with zero attached hydrogens (tertiary/aromatic N) is 1. The van der Waals surface area contributed by atoms with Gasteiger partial charge in [0.2, 0.25) is 5.91 Å². The summed E-state index contributed by atoms with van der Waals surface area (Å²) in [7, 11) is 0. The molecule has 2 aliphatic rings. The minimum Gasteiger partial charge on any atom is -0.342 e. The van der Waals surface area contributed by atoms with E-state index in [-0.39, 0.29) is 18.0 Å². The molecule has 0 unspecified atom stereocenters. The zero-order valence-corrected chi connectivity index (χ0v) is 11.8. The molecule has 1 aliphatic carbocycles. The van der Waals surface area contributed by atoms with Crippen LogP contribution in [0.4, 0.5) is 4.79 Å². The number of likely N-dealkylation sites (tertiary alicyclic amines) is 1. The first kappa shape index (κ1) is 14.2. The summed E-state index contributed by atoms with van der Waals surface area (Å²) in [6.07, 6.45) is 6.02. The maximum Gasteiger partial charge on any atom is 0.315 e. The fraction of sp³-hybridized carbons (Fsp3) is 0.857. The highest BCUT2D eigenvalue weighted by Gasteiger charge is 2.31. The van der Waals surface area contributed by atoms with Crippen molar-refractivity contribution in [2.45, 2.75) is 51.5 Å². The summed E-state index contributed by atoms with van der Waals surface area (Å²) in [5.41, 5.74) is 0. The number of carbonyl (C=O) groups excluding carboxylic acids is 2. The van der Waals surface area contributed by atoms with E-state index in [1.165, 1.54) is 6.42 Å². The SMILES string of the molecule is CCCNC(=O)NC1CCN(C(=O)C2CCC2)CC1. The summed E-state index contributed by atoms with van der Waals surface area (Å²) >= 11 is 0. The van der Waals surface area contributed by atoms with Crippen LogP contribution in [0.15, 0.2) is 0 Å². The summed E-state index contributed by atoms with van der Waals surface area (Å²) < 4.78 is 0. The van der Waals surface area contributed by atoms with E-state index >= 15 is 0 Å². The third-order valence-electron chi connectivity index (χ3n) is 4.13. The second-order valence-corrected chi connectivity index (χ2v) is 5.63. The smallest absolute Gasteiger partial charge is 0.315 e. The molecule has 2 rings (SSSR count). The Balaban J connectivity index is 1.67. The van der Waals surface area contributed by atoms with E-state index in [9.17, 15) is 9.59 Å². The van der Waals surface area contributed by atoms with Gasteiger partial charge < -0.3 is 15.5 Å². The number of amides is 3. The zero-order chi connectivity index (χ0) is 13.7. The molecule has 19 heavy (non-hydrogen) atoms. The van der Waals surface area contributed by atoms with Crippen molar-refractivity contribution in [2.24, 2.45) is 5.92 Å². The maximum atomic E-state index is 12.1. The minimum atomic E-state index is -0.0781. The van der Waals surface area contributed by atoms with Crippen LogP contribution < -0.4 is 10.6 Å². The van der Waals surface area contributed by atoms with Crippen LogP contribution in [0, 0.1) is 5.92 Å². The third-order valence-corrected chi connectivity index (χ3v) is 4.13. The molecule has 1 aliphatic heterocycles. The number of rotatable bonds is 4. The van der Waals surface area contributed by atoms with E-state index in [0.717, 1.165) is 45.2 Å². The summed E-state index contributed by atoms with van der Waals surface area (Å²) in [6, 6.07) is 0.132. The average molecular weight is 267 g/mol. The molecule has 1 saturated heterocycles. The molecule has 0 atom stereocenters. The second kappa shape index (κ2) is 6.78. The first-order valence-corrected chi connectivity index (χ1v) is 7.54. The first-order valence-electron chi connectivity index (χ1n) is 7.54. The lowest BCUT2D eigenvalue weighted by atomic mass is 9.84. The molecule has 0 aromatic rings. The molecule has 108 valence electrons. The summed E-state index contributed by atoms with van der Waals surface area (Å²) in [5.74, 6) is 0.623. The van der Waals surface area contributed by atoms with Gasteiger partial charge in [-0.2, -0.15) is 0 Å². The van der Waals surface area contributed by atoms with Crippen molar-refractivity contribution in [3.05, 3.63) is 0 Å². The molecular formula is C14H25N3O2. The Hall–Kier alpha value is -1.26. The lowest BCUT2D eigenvalue weighted by molar-refractivity contribution is -0.139. The van der Waals surface area contributed by atoms with Gasteiger partial charge in [0, 0.05) is 31.6 Å². The van der Waals surface area contributed by atoms with Gasteiger partial charge in [-0.05, 0) is 32.1 Å². The van der Waals surface area contributed by atoms with Crippen LogP contribution >= 0.6 is 0 Å². The molecule has 1 saturated carbocycles. The number of nitrogens with one attached hydrogen (secondary N) is 2. The van der Waals surface area contributed by atoms with Crippen molar-refractivity contribution in [1.82, 2.24) is 15.5 Å². The number of hydrogen-bond acceptors (Lipinski definition) is 2. The van der Waals surface area contributed by atoms with Crippen LogP contribution in [0.2, 0.25) is 0 Å². The Morgan fingerprint density at radius 1 is 1.16 bits per heavy atom. The molecule has 5 nitrogen and oxygen atoms in total. The van der Waals surface area contributed by atoms with Crippen molar-refractivity contribution < 1.29 is 9.59 Å². The Labute approximate surface area is 115 Å². The van der Waals surface area contributed by atoms with E-state index < -0.39 is 0 Å². The number of carbonyl (C=O) groups is 2. The predicted molar refractivity (Wildman–Crippen MR) is 73.8 cm³/mol. The molecule has 0 aromatic carbocycles. The van der Waals surface area contributed by atoms with Gasteiger partial charge in [0.15, 0.2) is 0 Å². The molecular weight excluding hydrogens is 242 g/mol. The van der Waals surface area contributed by atoms with Gasteiger partial charge in [-0.1, -0.05) is 13.3 Å². The van der Waals surface area contributed by atoms with Crippen LogP contribution in [0.3, 0.4) is 0 Å². The molecule has 2 fully saturated rings. The van der Waals surface area contributed by atoms with Gasteiger partial charge >= 0.3 is 6.03 Å². The van der Waals surface area contributed by atoms with E-state index in [0.29, 0.717) is 12.5 Å². The van der Waals surface area contributed by atoms with Gasteiger partial charge in [0.05, 0.1) is 0 Å². The van der Waals surface area contributed by atoms with Crippen molar-refractivity contribution in [3.8, 4) is 0 Å². The zero-order valence-electron chi connectivity index (χ0n) is 11.8. The van der Waals surface area contributed by atoms with Crippen LogP contribution in [-0.2, 0) is 4.79 Å². The standard InChI is InChI=1S/C14H25N3O2/c1-2-8-15-14(19)16-12-6-9-17(10-7-12)13(18)11-4-3-5-11/h11-12H,2-10H2,1H3,(H2,15,16,19). The lowest BCUT2D eigenvalue weighted by Gasteiger charge is -2.36. The molecule has 1 heterocycles. The van der Waals surface area contributed by atoms with Crippen LogP contribution in [-0.4, -0.2) is 42.5 Å². The lowest BCUT2D eigenvalue weighted by Crippen LogP contribution is -2.50. The molecule has 3 amide bonds. The normalized spacial score (nSPS) is 20.8. The number of hydrogen-bond donors (Lipinski definition) is 2. The molecule has 0 aromatic heterocycles. The van der Waals surface area contributed by atoms with Gasteiger partial charge in [-0.3, -0.25) is 4.79 Å². The minimum absolute atomic E-state index is 0.0781. The highest BCUT2D eigenvalue weighted by Crippen LogP contribution is 2.29. The van der Waals surface area contributed by atoms with Gasteiger partial charge in [-0.25, -0.2) is 4.79 Å². The van der Waals surface area contributed by atoms with Crippen LogP contribution in [0.1, 0.15) is 45.4 Å². The van der Waals surface area contributed by atoms with Gasteiger partial charge in [-0.15, -0.1) is 0 Å². The van der Waals surface area contributed by atoms with E-state index in [1.807, 2.05) is 11.8 Å². The van der Waals surface area contributed by atoms with Crippen LogP contribution in [0.5, 0.6) is 0 Å². The van der Waals surface area contributed by atoms with Gasteiger partial charge in [0.25, 0.3) is 0 Å². The Morgan fingerprint density at radius 2 is 1.84 bits per heavy atom. The molecule has 0 spiro atoms. The monoisotopic (exact) mass is 267 g/mol. The molecule has 0 bridgehead atoms. The predicted octanol–water partition coefficient (Wildman–Crippen LogP) is 1.49. The Kier molecular flexibility index (Phi) is 5.05. The molecule has 5 heteroatoms. The largest absolute Gasteiger partial charge is 0.342 e. The van der Waals surface area contributed by atoms with E-state index in [2.05, 4.69) is 10.6 Å². The summed E-state index contributed by atoms with van der Waals surface area (Å²) in [6.45, 7) is 4.32. The highest BCUT2D eigenvalue weighted by atomic mass is 16.2. The first-order chi connectivity index (χ1) is 9.20. The average Bonchev–Trinajstić information content (AvgIpc) is 2.35. The Morgan fingerprint density at radius 3 is 2.37 bits per heavy atom. The summed E-state index contributed by atoms with van der Waals surface area (Å²) in [5, 5.41) is 5.80. The van der Waals surface area contributed by atoms with Crippen molar-refractivity contribution in [2.75, 3.05) is 19.6 Å². The Bertz CT molecular complexity index is 321. The topological polar surface area (TPSA) is 61.4 Å². The maximum absolute atomic E-state index is 12.1. The van der Waals surface area contributed by atoms with Gasteiger partial charge in [0.1, 0.15) is 0 Å². The van der Waals surface area contributed by atoms with Crippen LogP contribution in [0.25, 0.3) is 0 Å². The van der Waals surface area contributed by atoms with E-state index in [1.54, 1.807) is 0 Å².